The van der Waals surface area contributed by atoms with Gasteiger partial charge in [-0.2, -0.15) is 0 Å². The first-order chi connectivity index (χ1) is 16.7. The van der Waals surface area contributed by atoms with E-state index in [-0.39, 0.29) is 17.5 Å². The Kier molecular flexibility index (Phi) is 9.43. The van der Waals surface area contributed by atoms with Crippen molar-refractivity contribution in [2.45, 2.75) is 26.3 Å². The Bertz CT molecular complexity index is 1250. The Balaban J connectivity index is 1.55. The van der Waals surface area contributed by atoms with Gasteiger partial charge in [0.05, 0.1) is 30.1 Å². The Morgan fingerprint density at radius 2 is 1.63 bits per heavy atom. The van der Waals surface area contributed by atoms with Crippen LogP contribution in [0.3, 0.4) is 0 Å². The molecule has 0 heterocycles. The van der Waals surface area contributed by atoms with E-state index >= 15 is 0 Å². The molecule has 1 amide bonds. The number of carbonyl (C=O) groups is 1. The van der Waals surface area contributed by atoms with Gasteiger partial charge in [-0.25, -0.2) is 8.42 Å². The lowest BCUT2D eigenvalue weighted by atomic mass is 10.1. The third kappa shape index (κ3) is 7.88. The monoisotopic (exact) mass is 534 g/mol. The highest BCUT2D eigenvalue weighted by Gasteiger charge is 2.21. The minimum atomic E-state index is -3.61. The third-order valence-electron chi connectivity index (χ3n) is 5.24. The van der Waals surface area contributed by atoms with Crippen molar-refractivity contribution in [2.24, 2.45) is 0 Å². The smallest absolute Gasteiger partial charge is 0.251 e. The molecule has 0 unspecified atom stereocenters. The molecule has 35 heavy (non-hydrogen) atoms. The molecule has 0 radical (unpaired) electrons. The number of amides is 1. The van der Waals surface area contributed by atoms with E-state index in [1.807, 2.05) is 24.3 Å². The van der Waals surface area contributed by atoms with Gasteiger partial charge < -0.3 is 10.1 Å². The minimum absolute atomic E-state index is 0.0625. The lowest BCUT2D eigenvalue weighted by Crippen LogP contribution is -2.30. The van der Waals surface area contributed by atoms with E-state index in [0.717, 1.165) is 24.8 Å². The molecule has 0 bridgehead atoms. The van der Waals surface area contributed by atoms with Crippen LogP contribution in [-0.4, -0.2) is 33.7 Å². The van der Waals surface area contributed by atoms with Crippen molar-refractivity contribution in [3.8, 4) is 5.75 Å². The number of halogens is 2. The number of carbonyl (C=O) groups excluding carboxylic acids is 1. The van der Waals surface area contributed by atoms with E-state index in [1.165, 1.54) is 15.9 Å². The van der Waals surface area contributed by atoms with Crippen LogP contribution in [0.4, 0.5) is 5.69 Å². The van der Waals surface area contributed by atoms with Crippen LogP contribution in [0.25, 0.3) is 0 Å². The van der Waals surface area contributed by atoms with Crippen LogP contribution in [0.1, 0.15) is 34.8 Å². The second-order valence-corrected chi connectivity index (χ2v) is 10.8. The topological polar surface area (TPSA) is 75.7 Å². The number of hydrogen-bond donors (Lipinski definition) is 1. The average molecular weight is 535 g/mol. The second-order valence-electron chi connectivity index (χ2n) is 8.06. The largest absolute Gasteiger partial charge is 0.492 e. The molecule has 0 fully saturated rings. The van der Waals surface area contributed by atoms with Gasteiger partial charge in [0.15, 0.2) is 0 Å². The first-order valence-corrected chi connectivity index (χ1v) is 13.8. The summed E-state index contributed by atoms with van der Waals surface area (Å²) in [5.74, 6) is 0.527. The molecule has 0 aromatic heterocycles. The van der Waals surface area contributed by atoms with Gasteiger partial charge in [0.2, 0.25) is 10.0 Å². The number of rotatable bonds is 11. The third-order valence-corrected chi connectivity index (χ3v) is 6.90. The van der Waals surface area contributed by atoms with Crippen LogP contribution >= 0.6 is 23.2 Å². The molecule has 0 spiro atoms. The molecule has 186 valence electrons. The van der Waals surface area contributed by atoms with Gasteiger partial charge in [-0.1, -0.05) is 60.8 Å². The normalized spacial score (nSPS) is 11.2. The lowest BCUT2D eigenvalue weighted by molar-refractivity contribution is 0.0947. The number of nitrogens with zero attached hydrogens (tertiary/aromatic N) is 1. The highest BCUT2D eigenvalue weighted by Crippen LogP contribution is 2.31. The predicted octanol–water partition coefficient (Wildman–Crippen LogP) is 5.72. The van der Waals surface area contributed by atoms with E-state index < -0.39 is 10.0 Å². The van der Waals surface area contributed by atoms with E-state index in [0.29, 0.717) is 35.0 Å². The summed E-state index contributed by atoms with van der Waals surface area (Å²) < 4.78 is 31.7. The van der Waals surface area contributed by atoms with Crippen molar-refractivity contribution in [3.63, 3.8) is 0 Å². The Morgan fingerprint density at radius 1 is 0.971 bits per heavy atom. The number of anilines is 1. The molecule has 0 saturated carbocycles. The summed E-state index contributed by atoms with van der Waals surface area (Å²) >= 11 is 12.2. The van der Waals surface area contributed by atoms with Crippen molar-refractivity contribution < 1.29 is 17.9 Å². The van der Waals surface area contributed by atoms with Gasteiger partial charge in [-0.3, -0.25) is 9.10 Å². The van der Waals surface area contributed by atoms with Crippen molar-refractivity contribution >= 4 is 44.8 Å². The summed E-state index contributed by atoms with van der Waals surface area (Å²) in [5.41, 5.74) is 2.77. The van der Waals surface area contributed by atoms with Crippen molar-refractivity contribution in [1.82, 2.24) is 5.32 Å². The Hall–Kier alpha value is -2.74. The first-order valence-electron chi connectivity index (χ1n) is 11.2. The summed E-state index contributed by atoms with van der Waals surface area (Å²) in [6, 6.07) is 19.3. The zero-order chi connectivity index (χ0) is 25.4. The number of sulfonamides is 1. The van der Waals surface area contributed by atoms with Gasteiger partial charge in [0, 0.05) is 10.6 Å². The van der Waals surface area contributed by atoms with Crippen molar-refractivity contribution in [2.75, 3.05) is 23.7 Å². The molecule has 0 saturated heterocycles. The maximum atomic E-state index is 12.5. The molecule has 3 aromatic carbocycles. The molecular weight excluding hydrogens is 507 g/mol. The predicted molar refractivity (Wildman–Crippen MR) is 142 cm³/mol. The molecule has 3 aromatic rings. The maximum absolute atomic E-state index is 12.5. The van der Waals surface area contributed by atoms with Gasteiger partial charge in [0.25, 0.3) is 5.91 Å². The minimum Gasteiger partial charge on any atom is -0.492 e. The fraction of sp³-hybridized carbons (Fsp3) is 0.269. The SMILES string of the molecule is CCCc1ccc(OCCNC(=O)c2ccc(CN(c3ccc(Cl)cc3Cl)S(C)(=O)=O)cc2)cc1. The Labute approximate surface area is 216 Å². The molecule has 0 aliphatic carbocycles. The van der Waals surface area contributed by atoms with Gasteiger partial charge in [0.1, 0.15) is 12.4 Å². The molecule has 3 rings (SSSR count). The molecule has 0 aliphatic rings. The first kappa shape index (κ1) is 26.9. The zero-order valence-corrected chi connectivity index (χ0v) is 22.0. The highest BCUT2D eigenvalue weighted by molar-refractivity contribution is 7.92. The molecule has 1 N–H and O–H groups in total. The van der Waals surface area contributed by atoms with Crippen LogP contribution in [0.5, 0.6) is 5.75 Å². The van der Waals surface area contributed by atoms with Crippen LogP contribution in [0, 0.1) is 0 Å². The fourth-order valence-electron chi connectivity index (χ4n) is 3.47. The van der Waals surface area contributed by atoms with Crippen LogP contribution in [-0.2, 0) is 23.0 Å². The molecule has 6 nitrogen and oxygen atoms in total. The highest BCUT2D eigenvalue weighted by atomic mass is 35.5. The maximum Gasteiger partial charge on any atom is 0.251 e. The van der Waals surface area contributed by atoms with Crippen LogP contribution in [0.15, 0.2) is 66.7 Å². The average Bonchev–Trinajstić information content (AvgIpc) is 2.81. The number of benzene rings is 3. The molecule has 0 atom stereocenters. The van der Waals surface area contributed by atoms with Crippen molar-refractivity contribution in [1.29, 1.82) is 0 Å². The number of aryl methyl sites for hydroxylation is 1. The summed E-state index contributed by atoms with van der Waals surface area (Å²) in [6.45, 7) is 2.91. The summed E-state index contributed by atoms with van der Waals surface area (Å²) in [6.07, 6.45) is 3.25. The van der Waals surface area contributed by atoms with Gasteiger partial charge in [-0.05, 0) is 60.0 Å². The molecular formula is C26H28Cl2N2O4S. The standard InChI is InChI=1S/C26H28Cl2N2O4S/c1-3-4-19-7-12-23(13-8-19)34-16-15-29-26(31)21-9-5-20(6-10-21)18-30(35(2,32)33)25-14-11-22(27)17-24(25)28/h5-14,17H,3-4,15-16,18H2,1-2H3,(H,29,31). The van der Waals surface area contributed by atoms with Gasteiger partial charge >= 0.3 is 0 Å². The number of ether oxygens (including phenoxy) is 1. The quantitative estimate of drug-likeness (QED) is 0.319. The van der Waals surface area contributed by atoms with Crippen LogP contribution in [0.2, 0.25) is 10.0 Å². The zero-order valence-electron chi connectivity index (χ0n) is 19.6. The van der Waals surface area contributed by atoms with E-state index in [9.17, 15) is 13.2 Å². The Morgan fingerprint density at radius 3 is 2.23 bits per heavy atom. The van der Waals surface area contributed by atoms with E-state index in [4.69, 9.17) is 27.9 Å². The van der Waals surface area contributed by atoms with Gasteiger partial charge in [-0.15, -0.1) is 0 Å². The number of hydrogen-bond acceptors (Lipinski definition) is 4. The summed E-state index contributed by atoms with van der Waals surface area (Å²) in [4.78, 5) is 12.5. The lowest BCUT2D eigenvalue weighted by Gasteiger charge is -2.23. The van der Waals surface area contributed by atoms with Crippen molar-refractivity contribution in [3.05, 3.63) is 93.5 Å². The van der Waals surface area contributed by atoms with E-state index in [1.54, 1.807) is 36.4 Å². The molecule has 0 aliphatic heterocycles. The summed E-state index contributed by atoms with van der Waals surface area (Å²) in [7, 11) is -3.61. The fourth-order valence-corrected chi connectivity index (χ4v) is 4.93. The number of nitrogens with one attached hydrogen (secondary N) is 1. The molecule has 9 heteroatoms. The van der Waals surface area contributed by atoms with Crippen LogP contribution < -0.4 is 14.4 Å². The summed E-state index contributed by atoms with van der Waals surface area (Å²) in [5, 5.41) is 3.47. The van der Waals surface area contributed by atoms with E-state index in [2.05, 4.69) is 12.2 Å². The second kappa shape index (κ2) is 12.3.